The maximum atomic E-state index is 12.4. The molecule has 0 aliphatic carbocycles. The van der Waals surface area contributed by atoms with Crippen molar-refractivity contribution in [3.63, 3.8) is 0 Å². The third-order valence-corrected chi connectivity index (χ3v) is 5.32. The predicted molar refractivity (Wildman–Crippen MR) is 97.8 cm³/mol. The number of benzene rings is 2. The predicted octanol–water partition coefficient (Wildman–Crippen LogP) is 4.88. The lowest BCUT2D eigenvalue weighted by atomic mass is 10.3. The average molecular weight is 384 g/mol. The number of hydrogen-bond donors (Lipinski definition) is 1. The van der Waals surface area contributed by atoms with E-state index >= 15 is 0 Å². The summed E-state index contributed by atoms with van der Waals surface area (Å²) >= 11 is 13.5. The maximum absolute atomic E-state index is 12.4. The smallest absolute Gasteiger partial charge is 0.237 e. The molecule has 24 heavy (non-hydrogen) atoms. The van der Waals surface area contributed by atoms with E-state index in [1.54, 1.807) is 18.2 Å². The molecular formula is C17H15Cl2NO3S. The molecule has 1 heterocycles. The highest BCUT2D eigenvalue weighted by Crippen LogP contribution is 2.36. The minimum Gasteiger partial charge on any atom is -0.486 e. The molecule has 0 unspecified atom stereocenters. The summed E-state index contributed by atoms with van der Waals surface area (Å²) in [6.07, 6.45) is 0. The Morgan fingerprint density at radius 1 is 1.17 bits per heavy atom. The number of hydrogen-bond acceptors (Lipinski definition) is 4. The molecule has 126 valence electrons. The van der Waals surface area contributed by atoms with Crippen LogP contribution in [0.5, 0.6) is 11.5 Å². The zero-order valence-electron chi connectivity index (χ0n) is 12.8. The van der Waals surface area contributed by atoms with Gasteiger partial charge in [0.05, 0.1) is 21.0 Å². The molecule has 4 nitrogen and oxygen atoms in total. The Morgan fingerprint density at radius 3 is 2.71 bits per heavy atom. The molecule has 1 N–H and O–H groups in total. The summed E-state index contributed by atoms with van der Waals surface area (Å²) in [7, 11) is 0. The molecule has 2 aromatic carbocycles. The molecule has 0 radical (unpaired) electrons. The molecule has 0 saturated heterocycles. The summed E-state index contributed by atoms with van der Waals surface area (Å²) < 4.78 is 11.1. The number of anilines is 1. The van der Waals surface area contributed by atoms with Crippen LogP contribution in [-0.2, 0) is 4.79 Å². The average Bonchev–Trinajstić information content (AvgIpc) is 2.58. The molecule has 7 heteroatoms. The van der Waals surface area contributed by atoms with Gasteiger partial charge in [-0.3, -0.25) is 4.79 Å². The normalized spacial score (nSPS) is 14.1. The SMILES string of the molecule is C[C@@H](Sc1ccc2c(c1)OCCO2)C(=O)Nc1cccc(Cl)c1Cl. The summed E-state index contributed by atoms with van der Waals surface area (Å²) in [5.74, 6) is 1.28. The quantitative estimate of drug-likeness (QED) is 0.763. The summed E-state index contributed by atoms with van der Waals surface area (Å²) in [6, 6.07) is 10.8. The lowest BCUT2D eigenvalue weighted by Crippen LogP contribution is -2.22. The van der Waals surface area contributed by atoms with Gasteiger partial charge in [0.15, 0.2) is 11.5 Å². The Balaban J connectivity index is 1.67. The van der Waals surface area contributed by atoms with Crippen molar-refractivity contribution in [1.82, 2.24) is 0 Å². The van der Waals surface area contributed by atoms with Crippen molar-refractivity contribution in [3.05, 3.63) is 46.4 Å². The van der Waals surface area contributed by atoms with Gasteiger partial charge in [-0.15, -0.1) is 11.8 Å². The van der Waals surface area contributed by atoms with Crippen molar-refractivity contribution < 1.29 is 14.3 Å². The van der Waals surface area contributed by atoms with E-state index in [1.165, 1.54) is 11.8 Å². The topological polar surface area (TPSA) is 47.6 Å². The number of rotatable bonds is 4. The molecule has 1 amide bonds. The monoisotopic (exact) mass is 383 g/mol. The van der Waals surface area contributed by atoms with Crippen molar-refractivity contribution in [1.29, 1.82) is 0 Å². The second-order valence-electron chi connectivity index (χ2n) is 5.16. The van der Waals surface area contributed by atoms with Crippen LogP contribution in [0.1, 0.15) is 6.92 Å². The van der Waals surface area contributed by atoms with Crippen LogP contribution >= 0.6 is 35.0 Å². The first-order chi connectivity index (χ1) is 11.5. The first-order valence-corrected chi connectivity index (χ1v) is 8.99. The fourth-order valence-electron chi connectivity index (χ4n) is 2.19. The number of thioether (sulfide) groups is 1. The maximum Gasteiger partial charge on any atom is 0.237 e. The fraction of sp³-hybridized carbons (Fsp3) is 0.235. The van der Waals surface area contributed by atoms with Crippen molar-refractivity contribution in [2.45, 2.75) is 17.1 Å². The lowest BCUT2D eigenvalue weighted by molar-refractivity contribution is -0.115. The van der Waals surface area contributed by atoms with Gasteiger partial charge < -0.3 is 14.8 Å². The number of carbonyl (C=O) groups excluding carboxylic acids is 1. The van der Waals surface area contributed by atoms with E-state index in [-0.39, 0.29) is 11.2 Å². The zero-order chi connectivity index (χ0) is 17.1. The van der Waals surface area contributed by atoms with Crippen LogP contribution in [0.25, 0.3) is 0 Å². The van der Waals surface area contributed by atoms with E-state index in [0.717, 1.165) is 10.6 Å². The first kappa shape index (κ1) is 17.3. The van der Waals surface area contributed by atoms with E-state index in [2.05, 4.69) is 5.32 Å². The Kier molecular flexibility index (Phi) is 5.43. The van der Waals surface area contributed by atoms with Crippen molar-refractivity contribution in [2.75, 3.05) is 18.5 Å². The molecule has 1 aliphatic rings. The second-order valence-corrected chi connectivity index (χ2v) is 7.36. The van der Waals surface area contributed by atoms with Gasteiger partial charge >= 0.3 is 0 Å². The van der Waals surface area contributed by atoms with E-state index in [1.807, 2.05) is 25.1 Å². The van der Waals surface area contributed by atoms with Crippen LogP contribution in [-0.4, -0.2) is 24.4 Å². The van der Waals surface area contributed by atoms with Gasteiger partial charge in [-0.25, -0.2) is 0 Å². The highest BCUT2D eigenvalue weighted by molar-refractivity contribution is 8.00. The van der Waals surface area contributed by atoms with Gasteiger partial charge in [0, 0.05) is 4.90 Å². The minimum absolute atomic E-state index is 0.154. The lowest BCUT2D eigenvalue weighted by Gasteiger charge is -2.19. The molecule has 3 rings (SSSR count). The van der Waals surface area contributed by atoms with Gasteiger partial charge in [-0.2, -0.15) is 0 Å². The molecular weight excluding hydrogens is 369 g/mol. The summed E-state index contributed by atoms with van der Waals surface area (Å²) in [5, 5.41) is 3.23. The van der Waals surface area contributed by atoms with Crippen molar-refractivity contribution in [3.8, 4) is 11.5 Å². The number of nitrogens with one attached hydrogen (secondary N) is 1. The fourth-order valence-corrected chi connectivity index (χ4v) is 3.43. The molecule has 0 aromatic heterocycles. The number of fused-ring (bicyclic) bond motifs is 1. The molecule has 2 aromatic rings. The largest absolute Gasteiger partial charge is 0.486 e. The number of carbonyl (C=O) groups is 1. The summed E-state index contributed by atoms with van der Waals surface area (Å²) in [5.41, 5.74) is 0.504. The van der Waals surface area contributed by atoms with Gasteiger partial charge in [-0.1, -0.05) is 29.3 Å². The van der Waals surface area contributed by atoms with E-state index in [0.29, 0.717) is 34.7 Å². The van der Waals surface area contributed by atoms with Crippen LogP contribution < -0.4 is 14.8 Å². The highest BCUT2D eigenvalue weighted by atomic mass is 35.5. The van der Waals surface area contributed by atoms with Gasteiger partial charge in [0.2, 0.25) is 5.91 Å². The zero-order valence-corrected chi connectivity index (χ0v) is 15.2. The molecule has 0 spiro atoms. The number of amides is 1. The van der Waals surface area contributed by atoms with Crippen molar-refractivity contribution in [2.24, 2.45) is 0 Å². The highest BCUT2D eigenvalue weighted by Gasteiger charge is 2.18. The Hall–Kier alpha value is -1.56. The molecule has 1 atom stereocenters. The Morgan fingerprint density at radius 2 is 1.92 bits per heavy atom. The van der Waals surface area contributed by atoms with E-state index in [4.69, 9.17) is 32.7 Å². The van der Waals surface area contributed by atoms with Gasteiger partial charge in [-0.05, 0) is 37.3 Å². The van der Waals surface area contributed by atoms with Crippen LogP contribution in [0, 0.1) is 0 Å². The standard InChI is InChI=1S/C17H15Cl2NO3S/c1-10(17(21)20-13-4-2-3-12(18)16(13)19)24-11-5-6-14-15(9-11)23-8-7-22-14/h2-6,9-10H,7-8H2,1H3,(H,20,21)/t10-/m1/s1. The molecule has 0 bridgehead atoms. The first-order valence-electron chi connectivity index (χ1n) is 7.36. The molecule has 1 aliphatic heterocycles. The number of halogens is 2. The summed E-state index contributed by atoms with van der Waals surface area (Å²) in [4.78, 5) is 13.3. The molecule has 0 saturated carbocycles. The van der Waals surface area contributed by atoms with Crippen LogP contribution in [0.15, 0.2) is 41.3 Å². The minimum atomic E-state index is -0.317. The van der Waals surface area contributed by atoms with Gasteiger partial charge in [0.25, 0.3) is 0 Å². The Bertz CT molecular complexity index is 769. The van der Waals surface area contributed by atoms with Crippen molar-refractivity contribution >= 4 is 46.6 Å². The number of ether oxygens (including phenoxy) is 2. The van der Waals surface area contributed by atoms with E-state index in [9.17, 15) is 4.79 Å². The van der Waals surface area contributed by atoms with E-state index < -0.39 is 0 Å². The Labute approximate surface area is 154 Å². The van der Waals surface area contributed by atoms with Crippen LogP contribution in [0.4, 0.5) is 5.69 Å². The third kappa shape index (κ3) is 3.91. The molecule has 0 fully saturated rings. The van der Waals surface area contributed by atoms with Crippen LogP contribution in [0.2, 0.25) is 10.0 Å². The second kappa shape index (κ2) is 7.55. The summed E-state index contributed by atoms with van der Waals surface area (Å²) in [6.45, 7) is 2.92. The third-order valence-electron chi connectivity index (χ3n) is 3.41. The van der Waals surface area contributed by atoms with Crippen LogP contribution in [0.3, 0.4) is 0 Å². The van der Waals surface area contributed by atoms with Gasteiger partial charge in [0.1, 0.15) is 13.2 Å².